The summed E-state index contributed by atoms with van der Waals surface area (Å²) in [6, 6.07) is 9.69. The van der Waals surface area contributed by atoms with E-state index in [4.69, 9.17) is 28.6 Å². The first-order valence-electron chi connectivity index (χ1n) is 6.26. The number of nitrogens with one attached hydrogen (secondary N) is 2. The second kappa shape index (κ2) is 7.58. The molecule has 9 heteroatoms. The van der Waals surface area contributed by atoms with Gasteiger partial charge in [0.05, 0.1) is 28.8 Å². The van der Waals surface area contributed by atoms with E-state index in [1.54, 1.807) is 24.3 Å². The van der Waals surface area contributed by atoms with Crippen LogP contribution >= 0.6 is 39.7 Å². The zero-order valence-corrected chi connectivity index (χ0v) is 15.0. The number of nitro groups is 1. The zero-order valence-electron chi connectivity index (χ0n) is 11.8. The van der Waals surface area contributed by atoms with Crippen LogP contribution in [-0.2, 0) is 0 Å². The summed E-state index contributed by atoms with van der Waals surface area (Å²) in [6.07, 6.45) is 0. The molecule has 0 fully saturated rings. The summed E-state index contributed by atoms with van der Waals surface area (Å²) in [5, 5.41) is 17.5. The summed E-state index contributed by atoms with van der Waals surface area (Å²) < 4.78 is 5.82. The average Bonchev–Trinajstić information content (AvgIpc) is 2.50. The molecular weight excluding hydrogens is 406 g/mol. The summed E-state index contributed by atoms with van der Waals surface area (Å²) in [7, 11) is 1.44. The fourth-order valence-corrected chi connectivity index (χ4v) is 2.70. The van der Waals surface area contributed by atoms with Gasteiger partial charge < -0.3 is 15.4 Å². The third-order valence-corrected chi connectivity index (χ3v) is 3.84. The van der Waals surface area contributed by atoms with Crippen molar-refractivity contribution in [3.63, 3.8) is 0 Å². The molecule has 120 valence electrons. The quantitative estimate of drug-likeness (QED) is 0.422. The van der Waals surface area contributed by atoms with E-state index in [1.165, 1.54) is 19.2 Å². The zero-order chi connectivity index (χ0) is 17.0. The van der Waals surface area contributed by atoms with E-state index < -0.39 is 4.92 Å². The van der Waals surface area contributed by atoms with Crippen molar-refractivity contribution < 1.29 is 9.66 Å². The maximum Gasteiger partial charge on any atom is 0.296 e. The Morgan fingerprint density at radius 1 is 1.26 bits per heavy atom. The number of hydrogen-bond acceptors (Lipinski definition) is 4. The molecule has 2 rings (SSSR count). The van der Waals surface area contributed by atoms with E-state index in [2.05, 4.69) is 26.6 Å². The Balaban J connectivity index is 2.18. The number of hydrogen-bond donors (Lipinski definition) is 2. The molecule has 0 saturated heterocycles. The highest BCUT2D eigenvalue weighted by atomic mass is 79.9. The Labute approximate surface area is 151 Å². The lowest BCUT2D eigenvalue weighted by Gasteiger charge is -2.12. The van der Waals surface area contributed by atoms with Crippen molar-refractivity contribution in [1.82, 2.24) is 0 Å². The molecular formula is C14H11BrClN3O3S. The van der Waals surface area contributed by atoms with Gasteiger partial charge in [-0.25, -0.2) is 0 Å². The molecule has 0 bridgehead atoms. The molecule has 23 heavy (non-hydrogen) atoms. The van der Waals surface area contributed by atoms with Crippen LogP contribution < -0.4 is 15.4 Å². The summed E-state index contributed by atoms with van der Waals surface area (Å²) in [5.74, 6) is 0.386. The van der Waals surface area contributed by atoms with E-state index in [-0.39, 0.29) is 16.5 Å². The van der Waals surface area contributed by atoms with Crippen LogP contribution in [0.5, 0.6) is 5.75 Å². The van der Waals surface area contributed by atoms with Crippen molar-refractivity contribution >= 4 is 61.9 Å². The molecule has 0 spiro atoms. The first-order valence-corrected chi connectivity index (χ1v) is 7.84. The second-order valence-corrected chi connectivity index (χ2v) is 6.07. The monoisotopic (exact) mass is 415 g/mol. The van der Waals surface area contributed by atoms with Crippen molar-refractivity contribution in [2.24, 2.45) is 0 Å². The Morgan fingerprint density at radius 3 is 2.52 bits per heavy atom. The Kier molecular flexibility index (Phi) is 5.75. The lowest BCUT2D eigenvalue weighted by Crippen LogP contribution is -2.20. The fourth-order valence-electron chi connectivity index (χ4n) is 1.76. The molecule has 0 aliphatic rings. The summed E-state index contributed by atoms with van der Waals surface area (Å²) in [5.41, 5.74) is 0.695. The number of thiocarbonyl (C=S) groups is 1. The lowest BCUT2D eigenvalue weighted by molar-refractivity contribution is -0.384. The average molecular weight is 417 g/mol. The third kappa shape index (κ3) is 4.54. The van der Waals surface area contributed by atoms with E-state index >= 15 is 0 Å². The minimum Gasteiger partial charge on any atom is -0.496 e. The normalized spacial score (nSPS) is 10.0. The van der Waals surface area contributed by atoms with Gasteiger partial charge in [-0.15, -0.1) is 0 Å². The van der Waals surface area contributed by atoms with Crippen molar-refractivity contribution in [3.05, 3.63) is 56.0 Å². The van der Waals surface area contributed by atoms with Crippen molar-refractivity contribution in [3.8, 4) is 5.75 Å². The third-order valence-electron chi connectivity index (χ3n) is 2.83. The number of rotatable bonds is 4. The van der Waals surface area contributed by atoms with Crippen LogP contribution in [-0.4, -0.2) is 17.1 Å². The number of nitrogens with zero attached hydrogens (tertiary/aromatic N) is 1. The SMILES string of the molecule is COc1ccc(NC(=S)Nc2ccc(Br)cc2Cl)c([N+](=O)[O-])c1. The van der Waals surface area contributed by atoms with E-state index in [1.807, 2.05) is 0 Å². The highest BCUT2D eigenvalue weighted by molar-refractivity contribution is 9.10. The highest BCUT2D eigenvalue weighted by Gasteiger charge is 2.16. The Hall–Kier alpha value is -1.90. The predicted octanol–water partition coefficient (Wildman–Crippen LogP) is 4.83. The Bertz CT molecular complexity index is 773. The van der Waals surface area contributed by atoms with Crippen molar-refractivity contribution in [2.75, 3.05) is 17.7 Å². The molecule has 0 aromatic heterocycles. The first kappa shape index (κ1) is 17.5. The van der Waals surface area contributed by atoms with Gasteiger partial charge in [0.25, 0.3) is 5.69 Å². The summed E-state index contributed by atoms with van der Waals surface area (Å²) >= 11 is 14.6. The van der Waals surface area contributed by atoms with Crippen LogP contribution in [0.25, 0.3) is 0 Å². The van der Waals surface area contributed by atoms with Crippen molar-refractivity contribution in [1.29, 1.82) is 0 Å². The number of halogens is 2. The van der Waals surface area contributed by atoms with Gasteiger partial charge in [-0.2, -0.15) is 0 Å². The van der Waals surface area contributed by atoms with E-state index in [0.29, 0.717) is 16.5 Å². The highest BCUT2D eigenvalue weighted by Crippen LogP contribution is 2.30. The number of methoxy groups -OCH3 is 1. The molecule has 0 atom stereocenters. The number of benzene rings is 2. The molecule has 2 aromatic carbocycles. The Morgan fingerprint density at radius 2 is 1.91 bits per heavy atom. The number of nitro benzene ring substituents is 1. The molecule has 0 aliphatic carbocycles. The lowest BCUT2D eigenvalue weighted by atomic mass is 10.2. The van der Waals surface area contributed by atoms with Gasteiger partial charge >= 0.3 is 0 Å². The summed E-state index contributed by atoms with van der Waals surface area (Å²) in [4.78, 5) is 10.6. The van der Waals surface area contributed by atoms with E-state index in [9.17, 15) is 10.1 Å². The van der Waals surface area contributed by atoms with Gasteiger partial charge in [-0.05, 0) is 42.5 Å². The molecule has 2 aromatic rings. The standard InChI is InChI=1S/C14H11BrClN3O3S/c1-22-9-3-5-12(13(7-9)19(20)21)18-14(23)17-11-4-2-8(15)6-10(11)16/h2-7H,1H3,(H2,17,18,23). The molecule has 6 nitrogen and oxygen atoms in total. The van der Waals surface area contributed by atoms with Crippen LogP contribution in [0.3, 0.4) is 0 Å². The first-order chi connectivity index (χ1) is 10.9. The number of anilines is 2. The van der Waals surface area contributed by atoms with Gasteiger partial charge in [0.15, 0.2) is 5.11 Å². The van der Waals surface area contributed by atoms with Gasteiger partial charge in [-0.3, -0.25) is 10.1 Å². The molecule has 0 aliphatic heterocycles. The predicted molar refractivity (Wildman–Crippen MR) is 98.6 cm³/mol. The molecule has 2 N–H and O–H groups in total. The number of ether oxygens (including phenoxy) is 1. The minimum absolute atomic E-state index is 0.143. The van der Waals surface area contributed by atoms with E-state index in [0.717, 1.165) is 4.47 Å². The fraction of sp³-hybridized carbons (Fsp3) is 0.0714. The largest absolute Gasteiger partial charge is 0.496 e. The molecule has 0 radical (unpaired) electrons. The van der Waals surface area contributed by atoms with Crippen molar-refractivity contribution in [2.45, 2.75) is 0 Å². The minimum atomic E-state index is -0.514. The summed E-state index contributed by atoms with van der Waals surface area (Å²) in [6.45, 7) is 0. The van der Waals surface area contributed by atoms with Crippen LogP contribution in [0.1, 0.15) is 0 Å². The van der Waals surface area contributed by atoms with Crippen LogP contribution in [0.4, 0.5) is 17.1 Å². The van der Waals surface area contributed by atoms with Gasteiger partial charge in [-0.1, -0.05) is 27.5 Å². The smallest absolute Gasteiger partial charge is 0.296 e. The topological polar surface area (TPSA) is 76.4 Å². The molecule has 0 saturated carbocycles. The maximum absolute atomic E-state index is 11.1. The van der Waals surface area contributed by atoms with Crippen LogP contribution in [0, 0.1) is 10.1 Å². The van der Waals surface area contributed by atoms with Crippen LogP contribution in [0.15, 0.2) is 40.9 Å². The second-order valence-electron chi connectivity index (χ2n) is 4.34. The maximum atomic E-state index is 11.1. The van der Waals surface area contributed by atoms with Gasteiger partial charge in [0.1, 0.15) is 11.4 Å². The van der Waals surface area contributed by atoms with Crippen LogP contribution in [0.2, 0.25) is 5.02 Å². The molecule has 0 heterocycles. The molecule has 0 amide bonds. The molecule has 0 unspecified atom stereocenters. The van der Waals surface area contributed by atoms with Gasteiger partial charge in [0, 0.05) is 4.47 Å². The van der Waals surface area contributed by atoms with Gasteiger partial charge in [0.2, 0.25) is 0 Å².